The summed E-state index contributed by atoms with van der Waals surface area (Å²) in [6, 6.07) is 11.6. The van der Waals surface area contributed by atoms with Gasteiger partial charge in [-0.15, -0.1) is 0 Å². The SMILES string of the molecule is Cc1ccc(F)cc1-n1ccn(CC(=O)N2CCc3ccccc32)c(=O)c1=O. The molecule has 0 saturated carbocycles. The third kappa shape index (κ3) is 3.05. The van der Waals surface area contributed by atoms with Crippen LogP contribution in [0.1, 0.15) is 11.1 Å². The van der Waals surface area contributed by atoms with Crippen molar-refractivity contribution < 1.29 is 9.18 Å². The van der Waals surface area contributed by atoms with Crippen LogP contribution in [-0.2, 0) is 17.8 Å². The molecule has 0 saturated heterocycles. The van der Waals surface area contributed by atoms with Crippen LogP contribution < -0.4 is 16.0 Å². The second-order valence-electron chi connectivity index (χ2n) is 6.76. The van der Waals surface area contributed by atoms with Gasteiger partial charge in [-0.25, -0.2) is 4.39 Å². The standard InChI is InChI=1S/C21H18FN3O3/c1-14-6-7-16(22)12-18(14)25-11-10-23(20(27)21(25)28)13-19(26)24-9-8-15-4-2-3-5-17(15)24/h2-7,10-12H,8-9,13H2,1H3. The van der Waals surface area contributed by atoms with Crippen LogP contribution in [0.3, 0.4) is 0 Å². The molecule has 0 unspecified atom stereocenters. The Kier molecular flexibility index (Phi) is 4.43. The number of benzene rings is 2. The molecule has 1 aromatic heterocycles. The number of para-hydroxylation sites is 1. The van der Waals surface area contributed by atoms with Gasteiger partial charge in [-0.05, 0) is 42.7 Å². The van der Waals surface area contributed by atoms with Crippen molar-refractivity contribution in [2.45, 2.75) is 19.9 Å². The molecule has 142 valence electrons. The van der Waals surface area contributed by atoms with Gasteiger partial charge in [0.2, 0.25) is 5.91 Å². The number of aromatic nitrogens is 2. The van der Waals surface area contributed by atoms with Crippen molar-refractivity contribution in [3.63, 3.8) is 0 Å². The lowest BCUT2D eigenvalue weighted by Crippen LogP contribution is -2.43. The fourth-order valence-electron chi connectivity index (χ4n) is 3.49. The number of anilines is 1. The van der Waals surface area contributed by atoms with E-state index in [-0.39, 0.29) is 12.5 Å². The van der Waals surface area contributed by atoms with Crippen molar-refractivity contribution in [2.24, 2.45) is 0 Å². The number of carbonyl (C=O) groups excluding carboxylic acids is 1. The van der Waals surface area contributed by atoms with Gasteiger partial charge in [-0.2, -0.15) is 0 Å². The molecule has 0 aliphatic carbocycles. The second-order valence-corrected chi connectivity index (χ2v) is 6.76. The third-order valence-corrected chi connectivity index (χ3v) is 4.98. The molecule has 1 amide bonds. The monoisotopic (exact) mass is 379 g/mol. The number of nitrogens with zero attached hydrogens (tertiary/aromatic N) is 3. The van der Waals surface area contributed by atoms with Gasteiger partial charge in [0.15, 0.2) is 0 Å². The molecule has 3 aromatic rings. The molecule has 7 heteroatoms. The Morgan fingerprint density at radius 3 is 2.64 bits per heavy atom. The highest BCUT2D eigenvalue weighted by Gasteiger charge is 2.24. The topological polar surface area (TPSA) is 64.3 Å². The first-order valence-electron chi connectivity index (χ1n) is 8.92. The van der Waals surface area contributed by atoms with Gasteiger partial charge in [-0.3, -0.25) is 23.5 Å². The Morgan fingerprint density at radius 2 is 1.82 bits per heavy atom. The largest absolute Gasteiger partial charge is 0.320 e. The van der Waals surface area contributed by atoms with Crippen molar-refractivity contribution in [2.75, 3.05) is 11.4 Å². The molecule has 0 atom stereocenters. The molecule has 1 aliphatic rings. The summed E-state index contributed by atoms with van der Waals surface area (Å²) in [6.45, 7) is 2.04. The predicted molar refractivity (Wildman–Crippen MR) is 103 cm³/mol. The van der Waals surface area contributed by atoms with Crippen LogP contribution in [0.4, 0.5) is 10.1 Å². The van der Waals surface area contributed by atoms with Crippen molar-refractivity contribution in [1.29, 1.82) is 0 Å². The van der Waals surface area contributed by atoms with Gasteiger partial charge in [0.05, 0.1) is 5.69 Å². The molecule has 6 nitrogen and oxygen atoms in total. The number of halogens is 1. The highest BCUT2D eigenvalue weighted by molar-refractivity contribution is 5.95. The maximum absolute atomic E-state index is 13.6. The lowest BCUT2D eigenvalue weighted by Gasteiger charge is -2.18. The van der Waals surface area contributed by atoms with Crippen LogP contribution >= 0.6 is 0 Å². The zero-order valence-corrected chi connectivity index (χ0v) is 15.3. The Morgan fingerprint density at radius 1 is 1.04 bits per heavy atom. The molecule has 0 N–H and O–H groups in total. The third-order valence-electron chi connectivity index (χ3n) is 4.98. The Balaban J connectivity index is 1.65. The van der Waals surface area contributed by atoms with E-state index in [4.69, 9.17) is 0 Å². The Bertz CT molecular complexity index is 1200. The van der Waals surface area contributed by atoms with Crippen LogP contribution in [-0.4, -0.2) is 21.6 Å². The summed E-state index contributed by atoms with van der Waals surface area (Å²) in [7, 11) is 0. The Hall–Kier alpha value is -3.48. The fourth-order valence-corrected chi connectivity index (χ4v) is 3.49. The summed E-state index contributed by atoms with van der Waals surface area (Å²) in [5.41, 5.74) is 1.22. The van der Waals surface area contributed by atoms with E-state index < -0.39 is 16.9 Å². The quantitative estimate of drug-likeness (QED) is 0.654. The van der Waals surface area contributed by atoms with Crippen LogP contribution in [0, 0.1) is 12.7 Å². The minimum Gasteiger partial charge on any atom is -0.310 e. The minimum absolute atomic E-state index is 0.231. The van der Waals surface area contributed by atoms with Crippen molar-refractivity contribution in [1.82, 2.24) is 9.13 Å². The van der Waals surface area contributed by atoms with E-state index in [2.05, 4.69) is 0 Å². The van der Waals surface area contributed by atoms with Crippen molar-refractivity contribution in [3.8, 4) is 5.69 Å². The van der Waals surface area contributed by atoms with E-state index in [1.54, 1.807) is 11.8 Å². The molecule has 4 rings (SSSR count). The second kappa shape index (κ2) is 6.92. The fraction of sp³-hybridized carbons (Fsp3) is 0.190. The van der Waals surface area contributed by atoms with Crippen molar-refractivity contribution in [3.05, 3.63) is 92.5 Å². The summed E-state index contributed by atoms with van der Waals surface area (Å²) in [4.78, 5) is 39.4. The normalized spacial score (nSPS) is 12.9. The summed E-state index contributed by atoms with van der Waals surface area (Å²) in [5.74, 6) is -0.759. The maximum Gasteiger partial charge on any atom is 0.320 e. The zero-order valence-electron chi connectivity index (χ0n) is 15.3. The van der Waals surface area contributed by atoms with E-state index in [1.807, 2.05) is 24.3 Å². The number of hydrogen-bond acceptors (Lipinski definition) is 3. The zero-order chi connectivity index (χ0) is 19.8. The molecule has 0 radical (unpaired) electrons. The molecular weight excluding hydrogens is 361 g/mol. The molecule has 2 heterocycles. The number of amides is 1. The average molecular weight is 379 g/mol. The highest BCUT2D eigenvalue weighted by atomic mass is 19.1. The molecule has 1 aliphatic heterocycles. The van der Waals surface area contributed by atoms with Crippen LogP contribution in [0.25, 0.3) is 5.69 Å². The first-order valence-corrected chi connectivity index (χ1v) is 8.92. The van der Waals surface area contributed by atoms with Gasteiger partial charge < -0.3 is 4.90 Å². The van der Waals surface area contributed by atoms with Gasteiger partial charge in [0.25, 0.3) is 0 Å². The van der Waals surface area contributed by atoms with Crippen LogP contribution in [0.15, 0.2) is 64.4 Å². The van der Waals surface area contributed by atoms with E-state index in [0.29, 0.717) is 17.8 Å². The smallest absolute Gasteiger partial charge is 0.310 e. The average Bonchev–Trinajstić information content (AvgIpc) is 3.12. The maximum atomic E-state index is 13.6. The number of hydrogen-bond donors (Lipinski definition) is 0. The van der Waals surface area contributed by atoms with Crippen LogP contribution in [0.2, 0.25) is 0 Å². The lowest BCUT2D eigenvalue weighted by molar-refractivity contribution is -0.119. The molecule has 0 fully saturated rings. The van der Waals surface area contributed by atoms with Crippen molar-refractivity contribution >= 4 is 11.6 Å². The molecule has 2 aromatic carbocycles. The molecule has 0 bridgehead atoms. The van der Waals surface area contributed by atoms with E-state index in [1.165, 1.54) is 30.6 Å². The molecular formula is C21H18FN3O3. The van der Waals surface area contributed by atoms with Crippen LogP contribution in [0.5, 0.6) is 0 Å². The summed E-state index contributed by atoms with van der Waals surface area (Å²) in [5, 5.41) is 0. The van der Waals surface area contributed by atoms with Gasteiger partial charge in [0.1, 0.15) is 12.4 Å². The summed E-state index contributed by atoms with van der Waals surface area (Å²) < 4.78 is 15.8. The number of aryl methyl sites for hydroxylation is 1. The number of fused-ring (bicyclic) bond motifs is 1. The number of carbonyl (C=O) groups is 1. The van der Waals surface area contributed by atoms with E-state index in [9.17, 15) is 18.8 Å². The van der Waals surface area contributed by atoms with E-state index in [0.717, 1.165) is 26.8 Å². The van der Waals surface area contributed by atoms with Gasteiger partial charge in [-0.1, -0.05) is 24.3 Å². The number of rotatable bonds is 3. The molecule has 28 heavy (non-hydrogen) atoms. The predicted octanol–water partition coefficient (Wildman–Crippen LogP) is 2.04. The van der Waals surface area contributed by atoms with E-state index >= 15 is 0 Å². The van der Waals surface area contributed by atoms with Gasteiger partial charge in [0, 0.05) is 24.6 Å². The molecule has 0 spiro atoms. The minimum atomic E-state index is -0.828. The Labute approximate surface area is 160 Å². The lowest BCUT2D eigenvalue weighted by atomic mass is 10.2. The highest BCUT2D eigenvalue weighted by Crippen LogP contribution is 2.27. The summed E-state index contributed by atoms with van der Waals surface area (Å²) in [6.07, 6.45) is 3.53. The first kappa shape index (κ1) is 17.9. The first-order chi connectivity index (χ1) is 13.5. The summed E-state index contributed by atoms with van der Waals surface area (Å²) >= 11 is 0. The van der Waals surface area contributed by atoms with Gasteiger partial charge >= 0.3 is 11.1 Å².